The summed E-state index contributed by atoms with van der Waals surface area (Å²) < 4.78 is 61.8. The normalized spacial score (nSPS) is 12.4. The van der Waals surface area contributed by atoms with Crippen LogP contribution < -0.4 is 5.73 Å². The van der Waals surface area contributed by atoms with Gasteiger partial charge in [0.05, 0.1) is 16.2 Å². The highest BCUT2D eigenvalue weighted by Crippen LogP contribution is 2.32. The van der Waals surface area contributed by atoms with Crippen LogP contribution in [0.3, 0.4) is 0 Å². The Balaban J connectivity index is 2.46. The number of hydrogen-bond acceptors (Lipinski definition) is 5. The summed E-state index contributed by atoms with van der Waals surface area (Å²) in [5.41, 5.74) is 4.42. The van der Waals surface area contributed by atoms with Crippen molar-refractivity contribution in [2.75, 3.05) is 12.0 Å². The number of rotatable bonds is 3. The Morgan fingerprint density at radius 1 is 1.27 bits per heavy atom. The fourth-order valence-electron chi connectivity index (χ4n) is 1.88. The second-order valence-corrected chi connectivity index (χ2v) is 6.70. The van der Waals surface area contributed by atoms with E-state index in [4.69, 9.17) is 5.73 Å². The van der Waals surface area contributed by atoms with Gasteiger partial charge in [-0.25, -0.2) is 18.4 Å². The van der Waals surface area contributed by atoms with Crippen LogP contribution in [0.25, 0.3) is 0 Å². The van der Waals surface area contributed by atoms with Crippen LogP contribution in [0.5, 0.6) is 0 Å². The molecule has 0 spiro atoms. The van der Waals surface area contributed by atoms with Crippen molar-refractivity contribution < 1.29 is 21.6 Å². The maximum Gasteiger partial charge on any atom is 0.419 e. The molecule has 1 aromatic carbocycles. The minimum Gasteiger partial charge on any atom is -0.368 e. The molecule has 22 heavy (non-hydrogen) atoms. The highest BCUT2D eigenvalue weighted by molar-refractivity contribution is 7.90. The summed E-state index contributed by atoms with van der Waals surface area (Å²) in [6, 6.07) is 5.67. The lowest BCUT2D eigenvalue weighted by Crippen LogP contribution is -2.13. The van der Waals surface area contributed by atoms with Crippen LogP contribution in [-0.2, 0) is 22.4 Å². The van der Waals surface area contributed by atoms with E-state index < -0.39 is 21.6 Å². The second-order valence-electron chi connectivity index (χ2n) is 4.68. The van der Waals surface area contributed by atoms with Crippen LogP contribution in [0.1, 0.15) is 16.8 Å². The fraction of sp³-hybridized carbons (Fsp3) is 0.231. The van der Waals surface area contributed by atoms with E-state index in [0.717, 1.165) is 6.26 Å². The Kier molecular flexibility index (Phi) is 4.10. The van der Waals surface area contributed by atoms with E-state index in [1.54, 1.807) is 0 Å². The number of halogens is 3. The van der Waals surface area contributed by atoms with Gasteiger partial charge in [-0.1, -0.05) is 12.1 Å². The molecule has 0 saturated carbocycles. The third-order valence-electron chi connectivity index (χ3n) is 2.89. The Labute approximate surface area is 124 Å². The van der Waals surface area contributed by atoms with E-state index in [1.165, 1.54) is 24.3 Å². The van der Waals surface area contributed by atoms with Gasteiger partial charge in [0.2, 0.25) is 5.95 Å². The highest BCUT2D eigenvalue weighted by atomic mass is 32.2. The summed E-state index contributed by atoms with van der Waals surface area (Å²) in [4.78, 5) is 7.01. The number of nitrogens with two attached hydrogens (primary N) is 1. The van der Waals surface area contributed by atoms with Gasteiger partial charge in [-0.15, -0.1) is 0 Å². The van der Waals surface area contributed by atoms with E-state index in [0.29, 0.717) is 11.8 Å². The first kappa shape index (κ1) is 16.2. The molecule has 0 atom stereocenters. The van der Waals surface area contributed by atoms with Gasteiger partial charge in [-0.2, -0.15) is 13.2 Å². The zero-order valence-corrected chi connectivity index (χ0v) is 12.2. The molecule has 2 rings (SSSR count). The van der Waals surface area contributed by atoms with Gasteiger partial charge < -0.3 is 5.73 Å². The molecule has 0 amide bonds. The standard InChI is InChI=1S/C13H12F3N3O2S/c1-22(20,21)9-4-2-3-8(5-9)6-11-10(13(14,15)16)7-18-12(17)19-11/h2-5,7H,6H2,1H3,(H2,17,18,19). The average molecular weight is 331 g/mol. The third-order valence-corrected chi connectivity index (χ3v) is 4.00. The Morgan fingerprint density at radius 2 is 1.95 bits per heavy atom. The predicted octanol–water partition coefficient (Wildman–Crippen LogP) is 2.07. The van der Waals surface area contributed by atoms with Gasteiger partial charge in [-0.3, -0.25) is 0 Å². The van der Waals surface area contributed by atoms with Gasteiger partial charge in [0.1, 0.15) is 0 Å². The lowest BCUT2D eigenvalue weighted by molar-refractivity contribution is -0.138. The summed E-state index contributed by atoms with van der Waals surface area (Å²) in [5, 5.41) is 0. The molecule has 0 aliphatic rings. The molecular weight excluding hydrogens is 319 g/mol. The van der Waals surface area contributed by atoms with Crippen LogP contribution in [-0.4, -0.2) is 24.6 Å². The van der Waals surface area contributed by atoms with Gasteiger partial charge in [0.25, 0.3) is 0 Å². The Morgan fingerprint density at radius 3 is 2.55 bits per heavy atom. The molecule has 0 unspecified atom stereocenters. The molecule has 5 nitrogen and oxygen atoms in total. The molecule has 2 N–H and O–H groups in total. The molecule has 0 fully saturated rings. The molecule has 0 radical (unpaired) electrons. The summed E-state index contributed by atoms with van der Waals surface area (Å²) in [5.74, 6) is -0.276. The number of aromatic nitrogens is 2. The van der Waals surface area contributed by atoms with E-state index in [9.17, 15) is 21.6 Å². The minimum atomic E-state index is -4.61. The third kappa shape index (κ3) is 3.73. The van der Waals surface area contributed by atoms with E-state index in [1.807, 2.05) is 0 Å². The SMILES string of the molecule is CS(=O)(=O)c1cccc(Cc2nc(N)ncc2C(F)(F)F)c1. The van der Waals surface area contributed by atoms with Crippen LogP contribution in [0.15, 0.2) is 35.4 Å². The maximum absolute atomic E-state index is 12.9. The summed E-state index contributed by atoms with van der Waals surface area (Å²) in [6.45, 7) is 0. The molecule has 9 heteroatoms. The summed E-state index contributed by atoms with van der Waals surface area (Å²) >= 11 is 0. The quantitative estimate of drug-likeness (QED) is 0.930. The maximum atomic E-state index is 12.9. The highest BCUT2D eigenvalue weighted by Gasteiger charge is 2.34. The lowest BCUT2D eigenvalue weighted by Gasteiger charge is -2.12. The summed E-state index contributed by atoms with van der Waals surface area (Å²) in [7, 11) is -3.44. The largest absolute Gasteiger partial charge is 0.419 e. The van der Waals surface area contributed by atoms with Crippen LogP contribution >= 0.6 is 0 Å². The number of anilines is 1. The first-order valence-electron chi connectivity index (χ1n) is 6.05. The average Bonchev–Trinajstić information content (AvgIpc) is 2.36. The van der Waals surface area contributed by atoms with Gasteiger partial charge in [0.15, 0.2) is 9.84 Å². The van der Waals surface area contributed by atoms with Crippen molar-refractivity contribution in [3.63, 3.8) is 0 Å². The number of benzene rings is 1. The summed E-state index contributed by atoms with van der Waals surface area (Å²) in [6.07, 6.45) is -3.17. The van der Waals surface area contributed by atoms with Crippen LogP contribution in [0.4, 0.5) is 19.1 Å². The molecule has 0 aliphatic heterocycles. The minimum absolute atomic E-state index is 0.0283. The number of nitrogen functional groups attached to an aromatic ring is 1. The Hall–Kier alpha value is -2.16. The van der Waals surface area contributed by atoms with Crippen molar-refractivity contribution in [2.24, 2.45) is 0 Å². The molecule has 0 saturated heterocycles. The second kappa shape index (κ2) is 5.56. The van der Waals surface area contributed by atoms with E-state index in [-0.39, 0.29) is 23.0 Å². The first-order chi connectivity index (χ1) is 10.1. The topological polar surface area (TPSA) is 85.9 Å². The van der Waals surface area contributed by atoms with Crippen LogP contribution in [0, 0.1) is 0 Å². The van der Waals surface area contributed by atoms with Crippen molar-refractivity contribution >= 4 is 15.8 Å². The molecule has 0 bridgehead atoms. The molecule has 118 valence electrons. The van der Waals surface area contributed by atoms with Crippen molar-refractivity contribution in [2.45, 2.75) is 17.5 Å². The number of sulfone groups is 1. The predicted molar refractivity (Wildman–Crippen MR) is 73.8 cm³/mol. The molecular formula is C13H12F3N3O2S. The molecule has 0 aliphatic carbocycles. The lowest BCUT2D eigenvalue weighted by atomic mass is 10.1. The van der Waals surface area contributed by atoms with Crippen molar-refractivity contribution in [1.29, 1.82) is 0 Å². The number of alkyl halides is 3. The van der Waals surface area contributed by atoms with Crippen molar-refractivity contribution in [3.05, 3.63) is 47.3 Å². The van der Waals surface area contributed by atoms with Gasteiger partial charge in [0, 0.05) is 18.9 Å². The fourth-order valence-corrected chi connectivity index (χ4v) is 2.57. The van der Waals surface area contributed by atoms with Crippen molar-refractivity contribution in [3.8, 4) is 0 Å². The first-order valence-corrected chi connectivity index (χ1v) is 7.94. The number of nitrogens with zero attached hydrogens (tertiary/aromatic N) is 2. The Bertz CT molecular complexity index is 804. The zero-order valence-electron chi connectivity index (χ0n) is 11.4. The van der Waals surface area contributed by atoms with E-state index in [2.05, 4.69) is 9.97 Å². The van der Waals surface area contributed by atoms with Gasteiger partial charge in [-0.05, 0) is 17.7 Å². The van der Waals surface area contributed by atoms with Crippen molar-refractivity contribution in [1.82, 2.24) is 9.97 Å². The molecule has 2 aromatic rings. The number of hydrogen-bond donors (Lipinski definition) is 1. The van der Waals surface area contributed by atoms with E-state index >= 15 is 0 Å². The zero-order chi connectivity index (χ0) is 16.5. The van der Waals surface area contributed by atoms with Crippen LogP contribution in [0.2, 0.25) is 0 Å². The monoisotopic (exact) mass is 331 g/mol. The smallest absolute Gasteiger partial charge is 0.368 e. The molecule has 1 aromatic heterocycles. The van der Waals surface area contributed by atoms with Gasteiger partial charge >= 0.3 is 6.18 Å². The molecule has 1 heterocycles.